The molecule has 0 bridgehead atoms. The molecular weight excluding hydrogens is 256 g/mol. The Morgan fingerprint density at radius 1 is 1.20 bits per heavy atom. The first-order valence-corrected chi connectivity index (χ1v) is 6.22. The summed E-state index contributed by atoms with van der Waals surface area (Å²) in [4.78, 5) is 24.1. The van der Waals surface area contributed by atoms with Crippen LogP contribution in [0.5, 0.6) is 5.75 Å². The highest BCUT2D eigenvalue weighted by atomic mass is 16.5. The first kappa shape index (κ1) is 14.0. The molecule has 104 valence electrons. The van der Waals surface area contributed by atoms with Crippen molar-refractivity contribution in [3.63, 3.8) is 0 Å². The van der Waals surface area contributed by atoms with E-state index in [2.05, 4.69) is 5.10 Å². The molecule has 0 aliphatic carbocycles. The standard InChI is InChI=1S/C15H16N2O3/c1-10-13(9-17(2)16-10)15(19)8-14(18)11-4-6-12(20-3)7-5-11/h4-7,9H,8H2,1-3H3. The summed E-state index contributed by atoms with van der Waals surface area (Å²) in [5, 5.41) is 4.10. The molecule has 0 fully saturated rings. The number of aryl methyl sites for hydroxylation is 2. The maximum atomic E-state index is 12.1. The third kappa shape index (κ3) is 2.93. The molecule has 0 saturated carbocycles. The molecule has 5 heteroatoms. The summed E-state index contributed by atoms with van der Waals surface area (Å²) in [6, 6.07) is 6.72. The molecule has 2 aromatic rings. The van der Waals surface area contributed by atoms with Crippen molar-refractivity contribution in [2.75, 3.05) is 7.11 Å². The van der Waals surface area contributed by atoms with Gasteiger partial charge in [0.25, 0.3) is 0 Å². The van der Waals surface area contributed by atoms with Crippen LogP contribution >= 0.6 is 0 Å². The van der Waals surface area contributed by atoms with Gasteiger partial charge in [0.15, 0.2) is 11.6 Å². The predicted octanol–water partition coefficient (Wildman–Crippen LogP) is 2.19. The van der Waals surface area contributed by atoms with E-state index in [0.29, 0.717) is 22.6 Å². The van der Waals surface area contributed by atoms with Crippen LogP contribution in [0.25, 0.3) is 0 Å². The lowest BCUT2D eigenvalue weighted by molar-refractivity contribution is 0.0894. The Kier molecular flexibility index (Phi) is 3.98. The van der Waals surface area contributed by atoms with Crippen molar-refractivity contribution in [1.29, 1.82) is 0 Å². The highest BCUT2D eigenvalue weighted by molar-refractivity contribution is 6.13. The van der Waals surface area contributed by atoms with Gasteiger partial charge in [-0.2, -0.15) is 5.10 Å². The first-order chi connectivity index (χ1) is 9.51. The number of methoxy groups -OCH3 is 1. The lowest BCUT2D eigenvalue weighted by Gasteiger charge is -2.02. The molecule has 0 aliphatic rings. The number of hydrogen-bond acceptors (Lipinski definition) is 4. The number of ketones is 2. The number of hydrogen-bond donors (Lipinski definition) is 0. The number of ether oxygens (including phenoxy) is 1. The van der Waals surface area contributed by atoms with Crippen molar-refractivity contribution in [2.45, 2.75) is 13.3 Å². The molecule has 0 atom stereocenters. The maximum absolute atomic E-state index is 12.1. The number of carbonyl (C=O) groups is 2. The van der Waals surface area contributed by atoms with Crippen LogP contribution in [-0.2, 0) is 7.05 Å². The zero-order valence-electron chi connectivity index (χ0n) is 11.7. The fourth-order valence-electron chi connectivity index (χ4n) is 1.99. The van der Waals surface area contributed by atoms with Gasteiger partial charge in [0.05, 0.1) is 24.8 Å². The highest BCUT2D eigenvalue weighted by Crippen LogP contribution is 2.15. The average Bonchev–Trinajstić information content (AvgIpc) is 2.78. The molecule has 20 heavy (non-hydrogen) atoms. The van der Waals surface area contributed by atoms with Gasteiger partial charge in [-0.25, -0.2) is 0 Å². The molecule has 2 rings (SSSR count). The normalized spacial score (nSPS) is 10.3. The van der Waals surface area contributed by atoms with Crippen molar-refractivity contribution in [3.05, 3.63) is 47.3 Å². The molecule has 5 nitrogen and oxygen atoms in total. The van der Waals surface area contributed by atoms with E-state index in [9.17, 15) is 9.59 Å². The van der Waals surface area contributed by atoms with Crippen LogP contribution in [0.1, 0.15) is 32.8 Å². The Hall–Kier alpha value is -2.43. The summed E-state index contributed by atoms with van der Waals surface area (Å²) in [6.45, 7) is 1.76. The Balaban J connectivity index is 2.10. The van der Waals surface area contributed by atoms with Crippen molar-refractivity contribution in [2.24, 2.45) is 7.05 Å². The molecule has 0 spiro atoms. The number of carbonyl (C=O) groups excluding carboxylic acids is 2. The zero-order valence-corrected chi connectivity index (χ0v) is 11.7. The van der Waals surface area contributed by atoms with Gasteiger partial charge in [-0.1, -0.05) is 0 Å². The quantitative estimate of drug-likeness (QED) is 0.618. The van der Waals surface area contributed by atoms with E-state index in [0.717, 1.165) is 0 Å². The Morgan fingerprint density at radius 2 is 1.85 bits per heavy atom. The number of rotatable bonds is 5. The van der Waals surface area contributed by atoms with Crippen LogP contribution in [-0.4, -0.2) is 28.5 Å². The molecule has 1 heterocycles. The molecule has 0 N–H and O–H groups in total. The Labute approximate surface area is 117 Å². The molecular formula is C15H16N2O3. The fourth-order valence-corrected chi connectivity index (χ4v) is 1.99. The van der Waals surface area contributed by atoms with Gasteiger partial charge < -0.3 is 4.74 Å². The summed E-state index contributed by atoms with van der Waals surface area (Å²) in [5.74, 6) is 0.258. The summed E-state index contributed by atoms with van der Waals surface area (Å²) in [6.07, 6.45) is 1.48. The van der Waals surface area contributed by atoms with E-state index in [1.165, 1.54) is 0 Å². The molecule has 0 saturated heterocycles. The summed E-state index contributed by atoms with van der Waals surface area (Å²) >= 11 is 0. The number of benzene rings is 1. The van der Waals surface area contributed by atoms with Crippen LogP contribution in [0.4, 0.5) is 0 Å². The van der Waals surface area contributed by atoms with Crippen LogP contribution < -0.4 is 4.74 Å². The SMILES string of the molecule is COc1ccc(C(=O)CC(=O)c2cn(C)nc2C)cc1. The van der Waals surface area contributed by atoms with E-state index in [4.69, 9.17) is 4.74 Å². The van der Waals surface area contributed by atoms with Crippen molar-refractivity contribution < 1.29 is 14.3 Å². The van der Waals surface area contributed by atoms with Crippen LogP contribution in [0.15, 0.2) is 30.5 Å². The van der Waals surface area contributed by atoms with Gasteiger partial charge in [0, 0.05) is 18.8 Å². The predicted molar refractivity (Wildman–Crippen MR) is 74.2 cm³/mol. The molecule has 1 aromatic carbocycles. The zero-order chi connectivity index (χ0) is 14.7. The Bertz CT molecular complexity index is 642. The third-order valence-electron chi connectivity index (χ3n) is 3.05. The van der Waals surface area contributed by atoms with Crippen LogP contribution in [0.3, 0.4) is 0 Å². The van der Waals surface area contributed by atoms with E-state index in [1.807, 2.05) is 0 Å². The average molecular weight is 272 g/mol. The minimum absolute atomic E-state index is 0.154. The van der Waals surface area contributed by atoms with E-state index < -0.39 is 0 Å². The van der Waals surface area contributed by atoms with Gasteiger partial charge in [0.1, 0.15) is 5.75 Å². The first-order valence-electron chi connectivity index (χ1n) is 6.22. The monoisotopic (exact) mass is 272 g/mol. The minimum Gasteiger partial charge on any atom is -0.497 e. The lowest BCUT2D eigenvalue weighted by Crippen LogP contribution is -2.09. The molecule has 0 radical (unpaired) electrons. The lowest BCUT2D eigenvalue weighted by atomic mass is 10.0. The Morgan fingerprint density at radius 3 is 2.35 bits per heavy atom. The van der Waals surface area contributed by atoms with Gasteiger partial charge in [-0.15, -0.1) is 0 Å². The molecule has 0 amide bonds. The van der Waals surface area contributed by atoms with Crippen molar-refractivity contribution >= 4 is 11.6 Å². The third-order valence-corrected chi connectivity index (χ3v) is 3.05. The van der Waals surface area contributed by atoms with E-state index >= 15 is 0 Å². The summed E-state index contributed by atoms with van der Waals surface area (Å²) < 4.78 is 6.60. The van der Waals surface area contributed by atoms with Gasteiger partial charge in [-0.05, 0) is 31.2 Å². The van der Waals surface area contributed by atoms with Gasteiger partial charge in [-0.3, -0.25) is 14.3 Å². The van der Waals surface area contributed by atoms with Crippen LogP contribution in [0.2, 0.25) is 0 Å². The minimum atomic E-state index is -0.212. The topological polar surface area (TPSA) is 61.2 Å². The number of Topliss-reactive ketones (excluding diaryl/α,β-unsaturated/α-hetero) is 2. The van der Waals surface area contributed by atoms with Gasteiger partial charge in [0.2, 0.25) is 0 Å². The summed E-state index contributed by atoms with van der Waals surface area (Å²) in [7, 11) is 3.31. The number of nitrogens with zero attached hydrogens (tertiary/aromatic N) is 2. The van der Waals surface area contributed by atoms with Crippen molar-refractivity contribution in [1.82, 2.24) is 9.78 Å². The summed E-state index contributed by atoms with van der Waals surface area (Å²) in [5.41, 5.74) is 1.63. The second-order valence-electron chi connectivity index (χ2n) is 4.55. The fraction of sp³-hybridized carbons (Fsp3) is 0.267. The van der Waals surface area contributed by atoms with Crippen molar-refractivity contribution in [3.8, 4) is 5.75 Å². The molecule has 0 unspecified atom stereocenters. The molecule has 1 aromatic heterocycles. The van der Waals surface area contributed by atoms with Crippen LogP contribution in [0, 0.1) is 6.92 Å². The second kappa shape index (κ2) is 5.69. The number of aromatic nitrogens is 2. The second-order valence-corrected chi connectivity index (χ2v) is 4.55. The van der Waals surface area contributed by atoms with E-state index in [1.54, 1.807) is 56.2 Å². The molecule has 0 aliphatic heterocycles. The van der Waals surface area contributed by atoms with E-state index in [-0.39, 0.29) is 18.0 Å². The highest BCUT2D eigenvalue weighted by Gasteiger charge is 2.17. The maximum Gasteiger partial charge on any atom is 0.174 e. The largest absolute Gasteiger partial charge is 0.497 e. The van der Waals surface area contributed by atoms with Gasteiger partial charge >= 0.3 is 0 Å². The smallest absolute Gasteiger partial charge is 0.174 e.